The van der Waals surface area contributed by atoms with E-state index < -0.39 is 0 Å². The summed E-state index contributed by atoms with van der Waals surface area (Å²) in [6.07, 6.45) is 8.74. The lowest BCUT2D eigenvalue weighted by Crippen LogP contribution is -2.17. The van der Waals surface area contributed by atoms with Crippen molar-refractivity contribution < 1.29 is 9.53 Å². The molecule has 88 valence electrons. The van der Waals surface area contributed by atoms with Gasteiger partial charge in [-0.2, -0.15) is 0 Å². The van der Waals surface area contributed by atoms with Crippen LogP contribution in [0, 0.1) is 11.8 Å². The number of carbonyl (C=O) groups is 1. The van der Waals surface area contributed by atoms with Crippen LogP contribution >= 0.6 is 0 Å². The van der Waals surface area contributed by atoms with Gasteiger partial charge in [0.2, 0.25) is 0 Å². The third kappa shape index (κ3) is 4.67. The highest BCUT2D eigenvalue weighted by Gasteiger charge is 2.15. The molecule has 0 aromatic rings. The van der Waals surface area contributed by atoms with Crippen LogP contribution in [-0.4, -0.2) is 12.6 Å². The summed E-state index contributed by atoms with van der Waals surface area (Å²) in [6, 6.07) is 0. The number of hydrogen-bond acceptors (Lipinski definition) is 2. The summed E-state index contributed by atoms with van der Waals surface area (Å²) in [4.78, 5) is 11.4. The van der Waals surface area contributed by atoms with E-state index in [9.17, 15) is 4.79 Å². The van der Waals surface area contributed by atoms with Crippen LogP contribution in [0.3, 0.4) is 0 Å². The van der Waals surface area contributed by atoms with Gasteiger partial charge in [0, 0.05) is 0 Å². The first kappa shape index (κ1) is 12.5. The molecular weight excluding hydrogens is 188 g/mol. The number of ether oxygens (including phenoxy) is 1. The number of hydrogen-bond donors (Lipinski definition) is 0. The molecule has 2 heteroatoms. The van der Waals surface area contributed by atoms with E-state index in [0.717, 1.165) is 18.8 Å². The van der Waals surface area contributed by atoms with Gasteiger partial charge in [0.15, 0.2) is 0 Å². The fourth-order valence-electron chi connectivity index (χ4n) is 2.11. The van der Waals surface area contributed by atoms with Gasteiger partial charge in [0.1, 0.15) is 0 Å². The molecule has 1 saturated carbocycles. The van der Waals surface area contributed by atoms with E-state index in [1.165, 1.54) is 32.1 Å². The molecule has 1 rings (SSSR count). The Morgan fingerprint density at radius 1 is 1.33 bits per heavy atom. The van der Waals surface area contributed by atoms with Crippen LogP contribution < -0.4 is 0 Å². The van der Waals surface area contributed by atoms with E-state index in [-0.39, 0.29) is 11.9 Å². The van der Waals surface area contributed by atoms with Crippen LogP contribution in [0.15, 0.2) is 0 Å². The van der Waals surface area contributed by atoms with Crippen LogP contribution in [0.4, 0.5) is 0 Å². The highest BCUT2D eigenvalue weighted by molar-refractivity contribution is 5.71. The standard InChI is InChI=1S/C13H24O2/c1-3-11(2)13(14)15-10-9-12-7-5-4-6-8-12/h11-12H,3-10H2,1-2H3/t11-/m0/s1. The van der Waals surface area contributed by atoms with Gasteiger partial charge in [0.05, 0.1) is 12.5 Å². The third-order valence-electron chi connectivity index (χ3n) is 3.51. The Labute approximate surface area is 93.4 Å². The second kappa shape index (κ2) is 6.86. The zero-order valence-corrected chi connectivity index (χ0v) is 10.1. The van der Waals surface area contributed by atoms with E-state index in [4.69, 9.17) is 4.74 Å². The predicted molar refractivity (Wildman–Crippen MR) is 61.6 cm³/mol. The Bertz CT molecular complexity index is 183. The summed E-state index contributed by atoms with van der Waals surface area (Å²) in [5.74, 6) is 0.855. The molecule has 15 heavy (non-hydrogen) atoms. The lowest BCUT2D eigenvalue weighted by molar-refractivity contribution is -0.148. The van der Waals surface area contributed by atoms with Crippen molar-refractivity contribution in [3.63, 3.8) is 0 Å². The summed E-state index contributed by atoms with van der Waals surface area (Å²) in [5.41, 5.74) is 0. The molecule has 0 saturated heterocycles. The van der Waals surface area contributed by atoms with Crippen LogP contribution in [0.25, 0.3) is 0 Å². The average molecular weight is 212 g/mol. The number of carbonyl (C=O) groups excluding carboxylic acids is 1. The minimum absolute atomic E-state index is 0.0201. The predicted octanol–water partition coefficient (Wildman–Crippen LogP) is 3.55. The second-order valence-corrected chi connectivity index (χ2v) is 4.77. The smallest absolute Gasteiger partial charge is 0.308 e. The minimum Gasteiger partial charge on any atom is -0.465 e. The SMILES string of the molecule is CC[C@H](C)C(=O)OCCC1CCCCC1. The minimum atomic E-state index is -0.0201. The molecule has 0 aliphatic heterocycles. The van der Waals surface area contributed by atoms with Crippen molar-refractivity contribution in [1.82, 2.24) is 0 Å². The van der Waals surface area contributed by atoms with Gasteiger partial charge in [-0.3, -0.25) is 4.79 Å². The van der Waals surface area contributed by atoms with Crippen molar-refractivity contribution in [3.8, 4) is 0 Å². The summed E-state index contributed by atoms with van der Waals surface area (Å²) < 4.78 is 5.26. The summed E-state index contributed by atoms with van der Waals surface area (Å²) in [6.45, 7) is 4.59. The van der Waals surface area contributed by atoms with Gasteiger partial charge in [-0.05, 0) is 18.8 Å². The Hall–Kier alpha value is -0.530. The van der Waals surface area contributed by atoms with Crippen molar-refractivity contribution in [2.24, 2.45) is 11.8 Å². The molecule has 0 aromatic carbocycles. The molecule has 0 amide bonds. The first-order valence-corrected chi connectivity index (χ1v) is 6.40. The fraction of sp³-hybridized carbons (Fsp3) is 0.923. The van der Waals surface area contributed by atoms with Gasteiger partial charge in [-0.25, -0.2) is 0 Å². The Morgan fingerprint density at radius 2 is 2.00 bits per heavy atom. The van der Waals surface area contributed by atoms with Gasteiger partial charge in [0.25, 0.3) is 0 Å². The lowest BCUT2D eigenvalue weighted by atomic mass is 9.87. The zero-order valence-electron chi connectivity index (χ0n) is 10.1. The Morgan fingerprint density at radius 3 is 2.60 bits per heavy atom. The van der Waals surface area contributed by atoms with Gasteiger partial charge in [-0.15, -0.1) is 0 Å². The molecule has 1 aliphatic rings. The Kier molecular flexibility index (Phi) is 5.74. The van der Waals surface area contributed by atoms with E-state index in [2.05, 4.69) is 0 Å². The largest absolute Gasteiger partial charge is 0.465 e. The molecule has 1 aliphatic carbocycles. The maximum absolute atomic E-state index is 11.4. The molecule has 0 aromatic heterocycles. The van der Waals surface area contributed by atoms with Crippen LogP contribution in [-0.2, 0) is 9.53 Å². The van der Waals surface area contributed by atoms with Crippen molar-refractivity contribution in [1.29, 1.82) is 0 Å². The monoisotopic (exact) mass is 212 g/mol. The molecule has 0 unspecified atom stereocenters. The molecule has 0 N–H and O–H groups in total. The fourth-order valence-corrected chi connectivity index (χ4v) is 2.11. The molecular formula is C13H24O2. The van der Waals surface area contributed by atoms with Gasteiger partial charge < -0.3 is 4.74 Å². The van der Waals surface area contributed by atoms with Crippen molar-refractivity contribution in [2.45, 2.75) is 58.8 Å². The molecule has 0 bridgehead atoms. The molecule has 1 fully saturated rings. The van der Waals surface area contributed by atoms with E-state index >= 15 is 0 Å². The number of rotatable bonds is 5. The quantitative estimate of drug-likeness (QED) is 0.651. The van der Waals surface area contributed by atoms with E-state index in [1.54, 1.807) is 0 Å². The highest BCUT2D eigenvalue weighted by atomic mass is 16.5. The van der Waals surface area contributed by atoms with Crippen molar-refractivity contribution >= 4 is 5.97 Å². The molecule has 0 radical (unpaired) electrons. The number of esters is 1. The third-order valence-corrected chi connectivity index (χ3v) is 3.51. The van der Waals surface area contributed by atoms with E-state index in [0.29, 0.717) is 6.61 Å². The second-order valence-electron chi connectivity index (χ2n) is 4.77. The van der Waals surface area contributed by atoms with Crippen molar-refractivity contribution in [3.05, 3.63) is 0 Å². The molecule has 0 spiro atoms. The summed E-state index contributed by atoms with van der Waals surface area (Å²) >= 11 is 0. The van der Waals surface area contributed by atoms with Crippen LogP contribution in [0.2, 0.25) is 0 Å². The molecule has 0 heterocycles. The zero-order chi connectivity index (χ0) is 11.1. The summed E-state index contributed by atoms with van der Waals surface area (Å²) in [5, 5.41) is 0. The first-order chi connectivity index (χ1) is 7.24. The highest BCUT2D eigenvalue weighted by Crippen LogP contribution is 2.26. The summed E-state index contributed by atoms with van der Waals surface area (Å²) in [7, 11) is 0. The average Bonchev–Trinajstić information content (AvgIpc) is 2.29. The topological polar surface area (TPSA) is 26.3 Å². The lowest BCUT2D eigenvalue weighted by Gasteiger charge is -2.21. The van der Waals surface area contributed by atoms with Crippen molar-refractivity contribution in [2.75, 3.05) is 6.61 Å². The molecule has 2 nitrogen and oxygen atoms in total. The normalized spacial score (nSPS) is 19.9. The maximum atomic E-state index is 11.4. The Balaban J connectivity index is 2.07. The van der Waals surface area contributed by atoms with Gasteiger partial charge >= 0.3 is 5.97 Å². The van der Waals surface area contributed by atoms with Gasteiger partial charge in [-0.1, -0.05) is 46.0 Å². The molecule has 1 atom stereocenters. The van der Waals surface area contributed by atoms with Crippen LogP contribution in [0.1, 0.15) is 58.8 Å². The van der Waals surface area contributed by atoms with E-state index in [1.807, 2.05) is 13.8 Å². The first-order valence-electron chi connectivity index (χ1n) is 6.40. The van der Waals surface area contributed by atoms with Crippen LogP contribution in [0.5, 0.6) is 0 Å². The maximum Gasteiger partial charge on any atom is 0.308 e.